The molecular formula is C22H36FN3O2. The molecule has 158 valence electrons. The van der Waals surface area contributed by atoms with Crippen LogP contribution in [0.1, 0.15) is 47.0 Å². The van der Waals surface area contributed by atoms with Crippen LogP contribution in [0.4, 0.5) is 4.39 Å². The minimum absolute atomic E-state index is 0.382. The third-order valence-electron chi connectivity index (χ3n) is 4.78. The lowest BCUT2D eigenvalue weighted by Crippen LogP contribution is -2.30. The Kier molecular flexibility index (Phi) is 10.8. The first-order valence-electron chi connectivity index (χ1n) is 9.87. The second-order valence-electron chi connectivity index (χ2n) is 7.42. The highest BCUT2D eigenvalue weighted by Crippen LogP contribution is 2.26. The first-order valence-corrected chi connectivity index (χ1v) is 9.87. The monoisotopic (exact) mass is 393 g/mol. The lowest BCUT2D eigenvalue weighted by Gasteiger charge is -2.23. The van der Waals surface area contributed by atoms with Crippen LogP contribution in [0.15, 0.2) is 45.9 Å². The molecule has 1 heterocycles. The third-order valence-corrected chi connectivity index (χ3v) is 4.78. The Balaban J connectivity index is 2.52. The second kappa shape index (κ2) is 12.5. The van der Waals surface area contributed by atoms with E-state index in [1.165, 1.54) is 13.1 Å². The molecule has 5 nitrogen and oxygen atoms in total. The number of aliphatic imine (C=N–C) groups is 2. The molecule has 0 amide bonds. The molecule has 0 aromatic heterocycles. The highest BCUT2D eigenvalue weighted by molar-refractivity contribution is 5.74. The summed E-state index contributed by atoms with van der Waals surface area (Å²) in [5.74, 6) is 1.71. The van der Waals surface area contributed by atoms with E-state index in [1.54, 1.807) is 14.2 Å². The van der Waals surface area contributed by atoms with Crippen molar-refractivity contribution < 1.29 is 13.9 Å². The van der Waals surface area contributed by atoms with E-state index < -0.39 is 6.17 Å². The largest absolute Gasteiger partial charge is 0.484 e. The number of methoxy groups -OCH3 is 2. The first kappa shape index (κ1) is 24.1. The van der Waals surface area contributed by atoms with E-state index in [4.69, 9.17) is 9.47 Å². The van der Waals surface area contributed by atoms with Crippen LogP contribution >= 0.6 is 0 Å². The van der Waals surface area contributed by atoms with Crippen LogP contribution in [0.2, 0.25) is 0 Å². The maximum absolute atomic E-state index is 12.9. The number of hydrogen-bond donors (Lipinski definition) is 0. The van der Waals surface area contributed by atoms with Crippen molar-refractivity contribution in [2.45, 2.75) is 59.2 Å². The van der Waals surface area contributed by atoms with Gasteiger partial charge in [0.1, 0.15) is 6.17 Å². The summed E-state index contributed by atoms with van der Waals surface area (Å²) in [6.45, 7) is 13.8. The van der Waals surface area contributed by atoms with Crippen LogP contribution in [0, 0.1) is 5.92 Å². The van der Waals surface area contributed by atoms with Gasteiger partial charge in [-0.3, -0.25) is 0 Å². The number of rotatable bonds is 10. The molecule has 0 saturated carbocycles. The van der Waals surface area contributed by atoms with Crippen molar-refractivity contribution in [3.05, 3.63) is 35.9 Å². The standard InChI is InChI=1S/C22H36FN3O2/c1-16(12-18(3)25-20(5)27-6)13-21-10-11-26(15-21)19(4)8-9-22(28-7)24-14-17(2)23/h9,12,14,17,19,21H,1,8,10-11,13,15H2,2-7H3/b18-12-,22-9+,24-14?,25-20?/t17?,19?,21-/m1/s1. The highest BCUT2D eigenvalue weighted by atomic mass is 19.1. The predicted molar refractivity (Wildman–Crippen MR) is 116 cm³/mol. The average Bonchev–Trinajstić information content (AvgIpc) is 3.09. The summed E-state index contributed by atoms with van der Waals surface area (Å²) in [7, 11) is 3.18. The van der Waals surface area contributed by atoms with Gasteiger partial charge in [-0.15, -0.1) is 0 Å². The van der Waals surface area contributed by atoms with Crippen LogP contribution in [0.5, 0.6) is 0 Å². The Labute approximate surface area is 169 Å². The summed E-state index contributed by atoms with van der Waals surface area (Å²) in [4.78, 5) is 10.9. The Bertz CT molecular complexity index is 623. The number of nitrogens with zero attached hydrogens (tertiary/aromatic N) is 3. The molecule has 3 atom stereocenters. The van der Waals surface area contributed by atoms with E-state index in [2.05, 4.69) is 28.4 Å². The van der Waals surface area contributed by atoms with E-state index >= 15 is 0 Å². The van der Waals surface area contributed by atoms with E-state index in [1.807, 2.05) is 26.0 Å². The molecule has 1 aliphatic rings. The van der Waals surface area contributed by atoms with Gasteiger partial charge < -0.3 is 14.4 Å². The molecule has 1 fully saturated rings. The summed E-state index contributed by atoms with van der Waals surface area (Å²) in [6, 6.07) is 0.382. The number of hydrogen-bond acceptors (Lipinski definition) is 5. The Morgan fingerprint density at radius 2 is 2.00 bits per heavy atom. The molecule has 0 N–H and O–H groups in total. The molecule has 1 saturated heterocycles. The van der Waals surface area contributed by atoms with Gasteiger partial charge in [0.2, 0.25) is 5.88 Å². The topological polar surface area (TPSA) is 46.4 Å². The number of halogens is 1. The molecule has 6 heteroatoms. The van der Waals surface area contributed by atoms with E-state index in [0.717, 1.165) is 43.6 Å². The van der Waals surface area contributed by atoms with Crippen molar-refractivity contribution in [3.8, 4) is 0 Å². The fourth-order valence-corrected chi connectivity index (χ4v) is 3.27. The van der Waals surface area contributed by atoms with Gasteiger partial charge in [0.25, 0.3) is 0 Å². The quantitative estimate of drug-likeness (QED) is 0.229. The van der Waals surface area contributed by atoms with Crippen molar-refractivity contribution in [1.29, 1.82) is 0 Å². The van der Waals surface area contributed by atoms with E-state index in [-0.39, 0.29) is 0 Å². The zero-order valence-corrected chi connectivity index (χ0v) is 18.2. The van der Waals surface area contributed by atoms with Crippen LogP contribution in [-0.2, 0) is 9.47 Å². The molecule has 0 bridgehead atoms. The number of likely N-dealkylation sites (tertiary alicyclic amines) is 1. The van der Waals surface area contributed by atoms with Gasteiger partial charge in [0, 0.05) is 31.4 Å². The molecule has 2 unspecified atom stereocenters. The molecule has 0 radical (unpaired) electrons. The number of allylic oxidation sites excluding steroid dienone is 3. The minimum atomic E-state index is -1.08. The lowest BCUT2D eigenvalue weighted by atomic mass is 9.99. The fourth-order valence-electron chi connectivity index (χ4n) is 3.27. The summed E-state index contributed by atoms with van der Waals surface area (Å²) < 4.78 is 23.2. The van der Waals surface area contributed by atoms with Crippen LogP contribution in [-0.4, -0.2) is 56.5 Å². The number of alkyl halides is 1. The Morgan fingerprint density at radius 3 is 2.61 bits per heavy atom. The Morgan fingerprint density at radius 1 is 1.29 bits per heavy atom. The van der Waals surface area contributed by atoms with Gasteiger partial charge in [-0.1, -0.05) is 12.2 Å². The van der Waals surface area contributed by atoms with Crippen molar-refractivity contribution in [1.82, 2.24) is 4.90 Å². The zero-order chi connectivity index (χ0) is 21.1. The van der Waals surface area contributed by atoms with Crippen LogP contribution in [0.3, 0.4) is 0 Å². The molecule has 0 aromatic carbocycles. The number of ether oxygens (including phenoxy) is 2. The smallest absolute Gasteiger partial charge is 0.208 e. The summed E-state index contributed by atoms with van der Waals surface area (Å²) in [5, 5.41) is 0. The molecule has 1 rings (SSSR count). The van der Waals surface area contributed by atoms with Crippen LogP contribution in [0.25, 0.3) is 0 Å². The van der Waals surface area contributed by atoms with Crippen molar-refractivity contribution >= 4 is 12.1 Å². The van der Waals surface area contributed by atoms with Gasteiger partial charge in [-0.2, -0.15) is 0 Å². The van der Waals surface area contributed by atoms with E-state index in [9.17, 15) is 4.39 Å². The minimum Gasteiger partial charge on any atom is -0.484 e. The van der Waals surface area contributed by atoms with Gasteiger partial charge in [-0.25, -0.2) is 14.4 Å². The lowest BCUT2D eigenvalue weighted by molar-refractivity contribution is 0.244. The van der Waals surface area contributed by atoms with Gasteiger partial charge in [-0.05, 0) is 64.6 Å². The van der Waals surface area contributed by atoms with Crippen molar-refractivity contribution in [2.24, 2.45) is 15.9 Å². The first-order chi connectivity index (χ1) is 13.2. The Hall–Kier alpha value is -1.95. The van der Waals surface area contributed by atoms with Gasteiger partial charge >= 0.3 is 0 Å². The van der Waals surface area contributed by atoms with Crippen molar-refractivity contribution in [3.63, 3.8) is 0 Å². The van der Waals surface area contributed by atoms with Crippen LogP contribution < -0.4 is 0 Å². The summed E-state index contributed by atoms with van der Waals surface area (Å²) >= 11 is 0. The zero-order valence-electron chi connectivity index (χ0n) is 18.2. The predicted octanol–water partition coefficient (Wildman–Crippen LogP) is 4.92. The average molecular weight is 394 g/mol. The fraction of sp³-hybridized carbons (Fsp3) is 0.636. The van der Waals surface area contributed by atoms with Crippen molar-refractivity contribution in [2.75, 3.05) is 27.3 Å². The molecular weight excluding hydrogens is 357 g/mol. The summed E-state index contributed by atoms with van der Waals surface area (Å²) in [5.41, 5.74) is 2.01. The normalized spacial score (nSPS) is 21.8. The SMILES string of the molecule is C=C(/C=C(/C)N=C(C)OC)C[C@H]1CCN(C(C)C/C=C(\N=CC(C)F)OC)C1. The highest BCUT2D eigenvalue weighted by Gasteiger charge is 2.25. The molecule has 0 spiro atoms. The third kappa shape index (κ3) is 9.31. The van der Waals surface area contributed by atoms with E-state index in [0.29, 0.717) is 23.7 Å². The molecule has 0 aromatic rings. The maximum Gasteiger partial charge on any atom is 0.208 e. The maximum atomic E-state index is 12.9. The summed E-state index contributed by atoms with van der Waals surface area (Å²) in [6.07, 6.45) is 7.09. The molecule has 0 aliphatic carbocycles. The van der Waals surface area contributed by atoms with Gasteiger partial charge in [0.15, 0.2) is 5.90 Å². The second-order valence-corrected chi connectivity index (χ2v) is 7.42. The molecule has 28 heavy (non-hydrogen) atoms. The van der Waals surface area contributed by atoms with Gasteiger partial charge in [0.05, 0.1) is 14.2 Å². The molecule has 1 aliphatic heterocycles.